The van der Waals surface area contributed by atoms with Gasteiger partial charge in [-0.25, -0.2) is 8.78 Å². The van der Waals surface area contributed by atoms with Gasteiger partial charge in [-0.15, -0.1) is 12.4 Å². The maximum absolute atomic E-state index is 13.8. The molecule has 1 heterocycles. The fraction of sp³-hybridized carbons (Fsp3) is 0.278. The molecular formula is C18H19ClF2N2O. The third-order valence-electron chi connectivity index (χ3n) is 4.42. The molecule has 1 aliphatic rings. The van der Waals surface area contributed by atoms with Crippen molar-refractivity contribution in [2.75, 3.05) is 19.6 Å². The lowest BCUT2D eigenvalue weighted by molar-refractivity contribution is 0.0781. The molecule has 1 saturated heterocycles. The van der Waals surface area contributed by atoms with Crippen LogP contribution in [0, 0.1) is 17.6 Å². The number of likely N-dealkylation sites (tertiary alicyclic amines) is 1. The average Bonchev–Trinajstić information content (AvgIpc) is 3.01. The molecule has 3 nitrogen and oxygen atoms in total. The molecule has 0 unspecified atom stereocenters. The predicted molar refractivity (Wildman–Crippen MR) is 91.2 cm³/mol. The molecule has 3 rings (SSSR count). The number of carbonyl (C=O) groups excluding carboxylic acids is 1. The predicted octanol–water partition coefficient (Wildman–Crippen LogP) is 3.20. The van der Waals surface area contributed by atoms with Gasteiger partial charge in [0.25, 0.3) is 5.91 Å². The summed E-state index contributed by atoms with van der Waals surface area (Å²) in [6, 6.07) is 12.8. The van der Waals surface area contributed by atoms with Crippen LogP contribution in [0.25, 0.3) is 0 Å². The number of benzene rings is 2. The van der Waals surface area contributed by atoms with Crippen molar-refractivity contribution in [2.45, 2.75) is 5.92 Å². The number of nitrogens with zero attached hydrogens (tertiary/aromatic N) is 1. The van der Waals surface area contributed by atoms with Gasteiger partial charge in [-0.1, -0.05) is 30.3 Å². The van der Waals surface area contributed by atoms with Crippen molar-refractivity contribution in [3.05, 3.63) is 71.3 Å². The van der Waals surface area contributed by atoms with Crippen LogP contribution in [-0.2, 0) is 0 Å². The highest BCUT2D eigenvalue weighted by molar-refractivity contribution is 5.94. The van der Waals surface area contributed by atoms with Crippen LogP contribution in [0.1, 0.15) is 21.8 Å². The standard InChI is InChI=1S/C18H18F2N2O.ClH/c19-14-6-7-17(20)15(8-14)18(23)22-10-13(9-21)16(11-22)12-4-2-1-3-5-12;/h1-8,13,16H,9-11,21H2;1H/t13-,16+;/m1./s1. The van der Waals surface area contributed by atoms with E-state index in [0.29, 0.717) is 19.6 Å². The van der Waals surface area contributed by atoms with Gasteiger partial charge in [-0.05, 0) is 36.2 Å². The quantitative estimate of drug-likeness (QED) is 0.922. The summed E-state index contributed by atoms with van der Waals surface area (Å²) in [6.07, 6.45) is 0. The molecule has 0 radical (unpaired) electrons. The lowest BCUT2D eigenvalue weighted by Crippen LogP contribution is -2.30. The Morgan fingerprint density at radius 1 is 1.12 bits per heavy atom. The third kappa shape index (κ3) is 3.57. The highest BCUT2D eigenvalue weighted by atomic mass is 35.5. The first-order valence-corrected chi connectivity index (χ1v) is 7.59. The zero-order valence-corrected chi connectivity index (χ0v) is 13.8. The average molecular weight is 353 g/mol. The minimum Gasteiger partial charge on any atom is -0.338 e. The minimum atomic E-state index is -0.705. The summed E-state index contributed by atoms with van der Waals surface area (Å²) in [5, 5.41) is 0. The second kappa shape index (κ2) is 7.73. The van der Waals surface area contributed by atoms with Crippen molar-refractivity contribution < 1.29 is 13.6 Å². The number of hydrogen-bond acceptors (Lipinski definition) is 2. The van der Waals surface area contributed by atoms with Crippen molar-refractivity contribution in [1.29, 1.82) is 0 Å². The Morgan fingerprint density at radius 2 is 1.83 bits per heavy atom. The van der Waals surface area contributed by atoms with Crippen LogP contribution < -0.4 is 5.73 Å². The van der Waals surface area contributed by atoms with Crippen LogP contribution in [0.5, 0.6) is 0 Å². The maximum Gasteiger partial charge on any atom is 0.256 e. The van der Waals surface area contributed by atoms with E-state index in [1.165, 1.54) is 0 Å². The van der Waals surface area contributed by atoms with Gasteiger partial charge in [0.05, 0.1) is 5.56 Å². The third-order valence-corrected chi connectivity index (χ3v) is 4.42. The first-order valence-electron chi connectivity index (χ1n) is 7.59. The molecule has 0 spiro atoms. The van der Waals surface area contributed by atoms with Gasteiger partial charge in [0, 0.05) is 19.0 Å². The van der Waals surface area contributed by atoms with Crippen LogP contribution in [0.15, 0.2) is 48.5 Å². The molecule has 2 N–H and O–H groups in total. The smallest absolute Gasteiger partial charge is 0.256 e. The van der Waals surface area contributed by atoms with E-state index in [9.17, 15) is 13.6 Å². The Labute approximate surface area is 145 Å². The van der Waals surface area contributed by atoms with E-state index in [0.717, 1.165) is 23.8 Å². The maximum atomic E-state index is 13.8. The van der Waals surface area contributed by atoms with Gasteiger partial charge in [0.1, 0.15) is 11.6 Å². The molecule has 2 atom stereocenters. The summed E-state index contributed by atoms with van der Waals surface area (Å²) in [5.74, 6) is -1.59. The molecule has 0 aromatic heterocycles. The molecule has 1 aliphatic heterocycles. The lowest BCUT2D eigenvalue weighted by atomic mass is 9.89. The zero-order chi connectivity index (χ0) is 16.4. The van der Waals surface area contributed by atoms with E-state index < -0.39 is 17.5 Å². The number of nitrogens with two attached hydrogens (primary N) is 1. The Kier molecular flexibility index (Phi) is 5.91. The van der Waals surface area contributed by atoms with Gasteiger partial charge >= 0.3 is 0 Å². The number of amides is 1. The topological polar surface area (TPSA) is 46.3 Å². The highest BCUT2D eigenvalue weighted by Gasteiger charge is 2.36. The molecule has 2 aromatic rings. The van der Waals surface area contributed by atoms with E-state index >= 15 is 0 Å². The number of rotatable bonds is 3. The van der Waals surface area contributed by atoms with Crippen molar-refractivity contribution in [3.63, 3.8) is 0 Å². The van der Waals surface area contributed by atoms with E-state index in [1.54, 1.807) is 4.90 Å². The number of hydrogen-bond donors (Lipinski definition) is 1. The van der Waals surface area contributed by atoms with E-state index in [-0.39, 0.29) is 29.8 Å². The van der Waals surface area contributed by atoms with Crippen molar-refractivity contribution in [1.82, 2.24) is 4.90 Å². The van der Waals surface area contributed by atoms with Gasteiger partial charge < -0.3 is 10.6 Å². The van der Waals surface area contributed by atoms with E-state index in [4.69, 9.17) is 5.73 Å². The van der Waals surface area contributed by atoms with Gasteiger partial charge in [-0.2, -0.15) is 0 Å². The minimum absolute atomic E-state index is 0. The summed E-state index contributed by atoms with van der Waals surface area (Å²) in [6.45, 7) is 1.35. The summed E-state index contributed by atoms with van der Waals surface area (Å²) >= 11 is 0. The fourth-order valence-corrected chi connectivity index (χ4v) is 3.19. The van der Waals surface area contributed by atoms with E-state index in [2.05, 4.69) is 0 Å². The Morgan fingerprint density at radius 3 is 2.50 bits per heavy atom. The monoisotopic (exact) mass is 352 g/mol. The molecule has 24 heavy (non-hydrogen) atoms. The van der Waals surface area contributed by atoms with Crippen LogP contribution in [0.3, 0.4) is 0 Å². The van der Waals surface area contributed by atoms with E-state index in [1.807, 2.05) is 30.3 Å². The largest absolute Gasteiger partial charge is 0.338 e. The van der Waals surface area contributed by atoms with Gasteiger partial charge in [-0.3, -0.25) is 4.79 Å². The highest BCUT2D eigenvalue weighted by Crippen LogP contribution is 2.33. The summed E-state index contributed by atoms with van der Waals surface area (Å²) in [5.41, 5.74) is 6.73. The van der Waals surface area contributed by atoms with Gasteiger partial charge in [0.15, 0.2) is 0 Å². The normalized spacial score (nSPS) is 19.9. The van der Waals surface area contributed by atoms with Crippen molar-refractivity contribution in [3.8, 4) is 0 Å². The molecule has 1 amide bonds. The lowest BCUT2D eigenvalue weighted by Gasteiger charge is -2.17. The van der Waals surface area contributed by atoms with Crippen molar-refractivity contribution >= 4 is 18.3 Å². The van der Waals surface area contributed by atoms with Crippen molar-refractivity contribution in [2.24, 2.45) is 11.7 Å². The zero-order valence-electron chi connectivity index (χ0n) is 13.0. The molecular weight excluding hydrogens is 334 g/mol. The molecule has 1 fully saturated rings. The first kappa shape index (κ1) is 18.4. The Hall–Kier alpha value is -1.98. The molecule has 2 aromatic carbocycles. The summed E-state index contributed by atoms with van der Waals surface area (Å²) in [4.78, 5) is 14.1. The Bertz CT molecular complexity index is 711. The molecule has 0 bridgehead atoms. The Balaban J connectivity index is 0.00000208. The summed E-state index contributed by atoms with van der Waals surface area (Å²) in [7, 11) is 0. The fourth-order valence-electron chi connectivity index (χ4n) is 3.19. The molecule has 128 valence electrons. The van der Waals surface area contributed by atoms with Crippen LogP contribution in [0.4, 0.5) is 8.78 Å². The summed E-state index contributed by atoms with van der Waals surface area (Å²) < 4.78 is 27.2. The second-order valence-corrected chi connectivity index (χ2v) is 5.85. The first-order chi connectivity index (χ1) is 11.1. The molecule has 0 saturated carbocycles. The number of carbonyl (C=O) groups is 1. The molecule has 6 heteroatoms. The second-order valence-electron chi connectivity index (χ2n) is 5.85. The number of halogens is 3. The van der Waals surface area contributed by atoms with Crippen LogP contribution >= 0.6 is 12.4 Å². The van der Waals surface area contributed by atoms with Gasteiger partial charge in [0.2, 0.25) is 0 Å². The SMILES string of the molecule is Cl.NC[C@@H]1CN(C(=O)c2cc(F)ccc2F)C[C@H]1c1ccccc1. The molecule has 0 aliphatic carbocycles. The van der Waals surface area contributed by atoms with Crippen LogP contribution in [-0.4, -0.2) is 30.4 Å². The van der Waals surface area contributed by atoms with Crippen LogP contribution in [0.2, 0.25) is 0 Å².